The van der Waals surface area contributed by atoms with E-state index in [9.17, 15) is 33.9 Å². The van der Waals surface area contributed by atoms with E-state index in [0.29, 0.717) is 19.3 Å². The average Bonchev–Trinajstić information content (AvgIpc) is 3.11. The van der Waals surface area contributed by atoms with Gasteiger partial charge in [0.2, 0.25) is 11.7 Å². The van der Waals surface area contributed by atoms with Gasteiger partial charge in [-0.3, -0.25) is 28.8 Å². The topological polar surface area (TPSA) is 164 Å². The smallest absolute Gasteiger partial charge is 0.322 e. The lowest BCUT2D eigenvalue weighted by Crippen LogP contribution is -2.61. The molecular weight excluding hydrogens is 482 g/mol. The molecule has 3 N–H and O–H groups in total. The van der Waals surface area contributed by atoms with E-state index in [1.54, 1.807) is 13.0 Å². The van der Waals surface area contributed by atoms with Crippen molar-refractivity contribution in [1.29, 1.82) is 0 Å². The fourth-order valence-corrected chi connectivity index (χ4v) is 7.66. The summed E-state index contributed by atoms with van der Waals surface area (Å²) in [6.07, 6.45) is 4.43. The van der Waals surface area contributed by atoms with E-state index >= 15 is 0 Å². The van der Waals surface area contributed by atoms with Crippen molar-refractivity contribution in [2.75, 3.05) is 13.2 Å². The third-order valence-electron chi connectivity index (χ3n) is 9.63. The first-order valence-corrected chi connectivity index (χ1v) is 13.0. The molecule has 0 aromatic carbocycles. The molecule has 0 saturated heterocycles. The molecule has 0 heterocycles. The first kappa shape index (κ1) is 27.2. The van der Waals surface area contributed by atoms with Crippen LogP contribution in [0.1, 0.15) is 71.6 Å². The van der Waals surface area contributed by atoms with Crippen LogP contribution in [0.5, 0.6) is 0 Å². The minimum absolute atomic E-state index is 0.00953. The van der Waals surface area contributed by atoms with E-state index in [2.05, 4.69) is 12.2 Å². The molecule has 3 unspecified atom stereocenters. The van der Waals surface area contributed by atoms with Crippen LogP contribution in [-0.2, 0) is 33.5 Å². The largest absolute Gasteiger partial charge is 0.480 e. The summed E-state index contributed by atoms with van der Waals surface area (Å²) in [5.74, 6) is -3.46. The Morgan fingerprint density at radius 3 is 2.51 bits per heavy atom. The van der Waals surface area contributed by atoms with Crippen molar-refractivity contribution < 1.29 is 43.7 Å². The molecule has 4 aliphatic carbocycles. The van der Waals surface area contributed by atoms with Crippen molar-refractivity contribution in [3.8, 4) is 0 Å². The molecule has 0 aliphatic heterocycles. The minimum Gasteiger partial charge on any atom is -0.480 e. The Hall–Kier alpha value is -2.88. The maximum Gasteiger partial charge on any atom is 0.322 e. The van der Waals surface area contributed by atoms with E-state index in [1.807, 2.05) is 0 Å². The van der Waals surface area contributed by atoms with Crippen LogP contribution in [-0.4, -0.2) is 64.2 Å². The summed E-state index contributed by atoms with van der Waals surface area (Å²) in [6, 6.07) is 0. The summed E-state index contributed by atoms with van der Waals surface area (Å²) in [4.78, 5) is 73.0. The zero-order chi connectivity index (χ0) is 27.2. The number of rotatable bonds is 8. The van der Waals surface area contributed by atoms with Crippen molar-refractivity contribution in [2.45, 2.75) is 77.2 Å². The number of hydrogen-bond acceptors (Lipinski definition) is 8. The monoisotopic (exact) mass is 517 g/mol. The maximum absolute atomic E-state index is 13.6. The van der Waals surface area contributed by atoms with Gasteiger partial charge in [-0.05, 0) is 55.4 Å². The molecule has 10 nitrogen and oxygen atoms in total. The van der Waals surface area contributed by atoms with E-state index < -0.39 is 47.8 Å². The number of ether oxygens (including phenoxy) is 1. The van der Waals surface area contributed by atoms with Gasteiger partial charge in [0.25, 0.3) is 0 Å². The average molecular weight is 518 g/mol. The highest BCUT2D eigenvalue weighted by Crippen LogP contribution is 2.66. The van der Waals surface area contributed by atoms with E-state index in [1.165, 1.54) is 0 Å². The van der Waals surface area contributed by atoms with Gasteiger partial charge in [0, 0.05) is 30.6 Å². The van der Waals surface area contributed by atoms with Crippen molar-refractivity contribution >= 4 is 35.2 Å². The van der Waals surface area contributed by atoms with E-state index in [-0.39, 0.29) is 60.4 Å². The molecule has 202 valence electrons. The molecule has 0 radical (unpaired) electrons. The van der Waals surface area contributed by atoms with E-state index in [4.69, 9.17) is 9.84 Å². The van der Waals surface area contributed by atoms with Crippen LogP contribution in [0.3, 0.4) is 0 Å². The zero-order valence-electron chi connectivity index (χ0n) is 21.3. The van der Waals surface area contributed by atoms with Gasteiger partial charge in [-0.25, -0.2) is 0 Å². The maximum atomic E-state index is 13.6. The van der Waals surface area contributed by atoms with Crippen LogP contribution in [0, 0.1) is 28.6 Å². The fourth-order valence-electron chi connectivity index (χ4n) is 7.66. The number of nitrogens with one attached hydrogen (secondary N) is 1. The van der Waals surface area contributed by atoms with Crippen molar-refractivity contribution in [1.82, 2.24) is 5.32 Å². The molecule has 4 aliphatic rings. The summed E-state index contributed by atoms with van der Waals surface area (Å²) < 4.78 is 5.04. The molecule has 0 bridgehead atoms. The number of aliphatic carboxylic acids is 1. The first-order valence-electron chi connectivity index (χ1n) is 13.0. The molecule has 3 saturated carbocycles. The van der Waals surface area contributed by atoms with Gasteiger partial charge in [-0.1, -0.05) is 19.4 Å². The molecule has 0 aromatic rings. The Balaban J connectivity index is 1.42. The minimum atomic E-state index is -1.81. The molecule has 10 heteroatoms. The standard InChI is InChI=1S/C27H35NO9/c1-25-9-7-16(29)11-15(25)3-4-17-18-8-10-27(36,26(18,2)12-19(30)24(17)25)20(31)14-37-23(35)6-5-21(32)28-13-22(33)34/h11,17-18,24,36H,3-10,12-14H2,1-2H3,(H,28,32)(H,33,34)/t17?,18?,24?,25-,26-,27-/m0/s1. The number of carboxylic acids is 1. The number of esters is 1. The van der Waals surface area contributed by atoms with Crippen molar-refractivity contribution in [3.63, 3.8) is 0 Å². The van der Waals surface area contributed by atoms with E-state index in [0.717, 1.165) is 18.4 Å². The lowest BCUT2D eigenvalue weighted by molar-refractivity contribution is -0.173. The second-order valence-electron chi connectivity index (χ2n) is 11.6. The Morgan fingerprint density at radius 1 is 1.08 bits per heavy atom. The van der Waals surface area contributed by atoms with Crippen LogP contribution >= 0.6 is 0 Å². The fraction of sp³-hybridized carbons (Fsp3) is 0.704. The SMILES string of the molecule is C[C@]12CCC(=O)C=C1CCC1C2C(=O)C[C@@]2(C)C1CC[C@]2(O)C(=O)COC(=O)CCC(=O)NCC(=O)O. The Morgan fingerprint density at radius 2 is 1.81 bits per heavy atom. The lowest BCUT2D eigenvalue weighted by atomic mass is 9.46. The number of carbonyl (C=O) groups excluding carboxylic acids is 5. The molecule has 1 amide bonds. The van der Waals surface area contributed by atoms with Crippen molar-refractivity contribution in [2.24, 2.45) is 28.6 Å². The predicted molar refractivity (Wildman–Crippen MR) is 128 cm³/mol. The predicted octanol–water partition coefficient (Wildman–Crippen LogP) is 1.52. The summed E-state index contributed by atoms with van der Waals surface area (Å²) in [5.41, 5.74) is -2.11. The van der Waals surface area contributed by atoms with Crippen LogP contribution in [0.4, 0.5) is 0 Å². The molecule has 4 rings (SSSR count). The van der Waals surface area contributed by atoms with Gasteiger partial charge in [-0.15, -0.1) is 0 Å². The Kier molecular flexibility index (Phi) is 7.18. The highest BCUT2D eigenvalue weighted by atomic mass is 16.5. The molecule has 0 spiro atoms. The zero-order valence-corrected chi connectivity index (χ0v) is 21.3. The number of carboxylic acid groups (broad SMARTS) is 1. The molecule has 6 atom stereocenters. The van der Waals surface area contributed by atoms with Gasteiger partial charge in [0.1, 0.15) is 17.9 Å². The number of fused-ring (bicyclic) bond motifs is 5. The third-order valence-corrected chi connectivity index (χ3v) is 9.63. The number of ketones is 3. The van der Waals surface area contributed by atoms with Gasteiger partial charge >= 0.3 is 11.9 Å². The molecule has 3 fully saturated rings. The molecular formula is C27H35NO9. The number of allylic oxidation sites excluding steroid dienone is 1. The first-order chi connectivity index (χ1) is 17.3. The highest BCUT2D eigenvalue weighted by molar-refractivity contribution is 5.95. The second kappa shape index (κ2) is 9.78. The summed E-state index contributed by atoms with van der Waals surface area (Å²) in [5, 5.41) is 22.3. The summed E-state index contributed by atoms with van der Waals surface area (Å²) in [7, 11) is 0. The van der Waals surface area contributed by atoms with Crippen LogP contribution < -0.4 is 5.32 Å². The third kappa shape index (κ3) is 4.64. The molecule has 37 heavy (non-hydrogen) atoms. The number of amides is 1. The quantitative estimate of drug-likeness (QED) is 0.405. The van der Waals surface area contributed by atoms with Gasteiger partial charge in [0.05, 0.1) is 6.42 Å². The van der Waals surface area contributed by atoms with Crippen LogP contribution in [0.2, 0.25) is 0 Å². The number of aliphatic hydroxyl groups is 1. The van der Waals surface area contributed by atoms with Crippen LogP contribution in [0.25, 0.3) is 0 Å². The van der Waals surface area contributed by atoms with Gasteiger partial charge in [0.15, 0.2) is 12.4 Å². The van der Waals surface area contributed by atoms with Crippen molar-refractivity contribution in [3.05, 3.63) is 11.6 Å². The Labute approximate surface area is 215 Å². The van der Waals surface area contributed by atoms with Gasteiger partial charge < -0.3 is 20.3 Å². The number of carbonyl (C=O) groups is 6. The van der Waals surface area contributed by atoms with Gasteiger partial charge in [-0.2, -0.15) is 0 Å². The Bertz CT molecular complexity index is 1080. The molecule has 0 aromatic heterocycles. The lowest BCUT2D eigenvalue weighted by Gasteiger charge is -2.57. The number of Topliss-reactive ketones (excluding diaryl/α,β-unsaturated/α-hetero) is 2. The summed E-state index contributed by atoms with van der Waals surface area (Å²) >= 11 is 0. The summed E-state index contributed by atoms with van der Waals surface area (Å²) in [6.45, 7) is 2.65. The number of hydrogen-bond donors (Lipinski definition) is 3. The van der Waals surface area contributed by atoms with Crippen LogP contribution in [0.15, 0.2) is 11.6 Å². The highest BCUT2D eigenvalue weighted by Gasteiger charge is 2.68. The second-order valence-corrected chi connectivity index (χ2v) is 11.6. The normalized spacial score (nSPS) is 36.5.